The van der Waals surface area contributed by atoms with E-state index in [4.69, 9.17) is 14.2 Å². The predicted molar refractivity (Wildman–Crippen MR) is 112 cm³/mol. The van der Waals surface area contributed by atoms with Crippen molar-refractivity contribution in [2.45, 2.75) is 12.8 Å². The van der Waals surface area contributed by atoms with E-state index in [1.165, 1.54) is 0 Å². The molecule has 8 nitrogen and oxygen atoms in total. The number of benzene rings is 1. The molecule has 0 saturated carbocycles. The molecule has 1 aliphatic rings. The van der Waals surface area contributed by atoms with Gasteiger partial charge >= 0.3 is 5.97 Å². The standard InChI is InChI=1S/C22H27N3O5/c1-28-18-7-9-19(10-8-18)29-16-4-6-22(27)30-17-21(26)25-14-12-24(13-15-25)20-5-2-3-11-23-20/h2-3,5,7-11H,4,6,12-17H2,1H3. The molecule has 0 spiro atoms. The molecule has 0 atom stereocenters. The molecule has 1 aromatic heterocycles. The Kier molecular flexibility index (Phi) is 7.88. The SMILES string of the molecule is COc1ccc(OCCCC(=O)OCC(=O)N2CCN(c3ccccn3)CC2)cc1. The van der Waals surface area contributed by atoms with Crippen LogP contribution in [0.4, 0.5) is 5.82 Å². The number of piperazine rings is 1. The third-order valence-electron chi connectivity index (χ3n) is 4.82. The zero-order chi connectivity index (χ0) is 21.2. The van der Waals surface area contributed by atoms with Crippen molar-refractivity contribution in [1.82, 2.24) is 9.88 Å². The van der Waals surface area contributed by atoms with E-state index < -0.39 is 5.97 Å². The normalized spacial score (nSPS) is 13.6. The summed E-state index contributed by atoms with van der Waals surface area (Å²) in [6.07, 6.45) is 2.48. The van der Waals surface area contributed by atoms with Gasteiger partial charge < -0.3 is 24.0 Å². The van der Waals surface area contributed by atoms with Crippen molar-refractivity contribution < 1.29 is 23.8 Å². The van der Waals surface area contributed by atoms with Crippen LogP contribution in [0, 0.1) is 0 Å². The number of carbonyl (C=O) groups excluding carboxylic acids is 2. The first-order valence-corrected chi connectivity index (χ1v) is 10.0. The fourth-order valence-corrected chi connectivity index (χ4v) is 3.11. The molecule has 0 bridgehead atoms. The van der Waals surface area contributed by atoms with Gasteiger partial charge in [0.2, 0.25) is 0 Å². The van der Waals surface area contributed by atoms with Crippen LogP contribution in [0.3, 0.4) is 0 Å². The van der Waals surface area contributed by atoms with Gasteiger partial charge in [-0.1, -0.05) is 6.07 Å². The van der Waals surface area contributed by atoms with E-state index in [0.717, 1.165) is 11.6 Å². The van der Waals surface area contributed by atoms with Crippen LogP contribution in [-0.4, -0.2) is 68.3 Å². The fraction of sp³-hybridized carbons (Fsp3) is 0.409. The Hall–Kier alpha value is -3.29. The molecule has 2 heterocycles. The number of pyridine rings is 1. The number of aromatic nitrogens is 1. The summed E-state index contributed by atoms with van der Waals surface area (Å²) in [4.78, 5) is 32.4. The van der Waals surface area contributed by atoms with Crippen molar-refractivity contribution in [2.24, 2.45) is 0 Å². The van der Waals surface area contributed by atoms with E-state index in [1.54, 1.807) is 18.2 Å². The number of hydrogen-bond acceptors (Lipinski definition) is 7. The zero-order valence-electron chi connectivity index (χ0n) is 17.2. The maximum Gasteiger partial charge on any atom is 0.306 e. The Morgan fingerprint density at radius 3 is 2.40 bits per heavy atom. The van der Waals surface area contributed by atoms with E-state index in [9.17, 15) is 9.59 Å². The van der Waals surface area contributed by atoms with Crippen molar-refractivity contribution in [2.75, 3.05) is 51.4 Å². The molecule has 0 aliphatic carbocycles. The highest BCUT2D eigenvalue weighted by Gasteiger charge is 2.22. The van der Waals surface area contributed by atoms with Gasteiger partial charge in [-0.15, -0.1) is 0 Å². The molecule has 8 heteroatoms. The summed E-state index contributed by atoms with van der Waals surface area (Å²) in [5.74, 6) is 1.82. The lowest BCUT2D eigenvalue weighted by molar-refractivity contribution is -0.152. The van der Waals surface area contributed by atoms with E-state index >= 15 is 0 Å². The largest absolute Gasteiger partial charge is 0.497 e. The number of nitrogens with zero attached hydrogens (tertiary/aromatic N) is 3. The number of hydrogen-bond donors (Lipinski definition) is 0. The average Bonchev–Trinajstić information content (AvgIpc) is 2.81. The maximum atomic E-state index is 12.3. The molecule has 3 rings (SSSR count). The summed E-state index contributed by atoms with van der Waals surface area (Å²) < 4.78 is 15.8. The highest BCUT2D eigenvalue weighted by Crippen LogP contribution is 2.17. The third-order valence-corrected chi connectivity index (χ3v) is 4.82. The third kappa shape index (κ3) is 6.37. The Morgan fingerprint density at radius 1 is 1.00 bits per heavy atom. The Bertz CT molecular complexity index is 805. The Balaban J connectivity index is 1.28. The highest BCUT2D eigenvalue weighted by atomic mass is 16.5. The van der Waals surface area contributed by atoms with Gasteiger partial charge in [0.25, 0.3) is 5.91 Å². The van der Waals surface area contributed by atoms with E-state index in [1.807, 2.05) is 42.5 Å². The number of anilines is 1. The first-order valence-electron chi connectivity index (χ1n) is 10.0. The molecular weight excluding hydrogens is 386 g/mol. The Morgan fingerprint density at radius 2 is 1.73 bits per heavy atom. The van der Waals surface area contributed by atoms with Crippen LogP contribution in [0.5, 0.6) is 11.5 Å². The number of esters is 1. The lowest BCUT2D eigenvalue weighted by Gasteiger charge is -2.35. The number of amides is 1. The number of carbonyl (C=O) groups is 2. The first-order chi connectivity index (χ1) is 14.7. The molecule has 1 amide bonds. The second-order valence-electron chi connectivity index (χ2n) is 6.84. The van der Waals surface area contributed by atoms with Gasteiger partial charge in [-0.2, -0.15) is 0 Å². The van der Waals surface area contributed by atoms with Crippen LogP contribution in [0.15, 0.2) is 48.7 Å². The quantitative estimate of drug-likeness (QED) is 0.460. The smallest absolute Gasteiger partial charge is 0.306 e. The second kappa shape index (κ2) is 11.0. The van der Waals surface area contributed by atoms with Crippen LogP contribution in [0.25, 0.3) is 0 Å². The molecule has 0 N–H and O–H groups in total. The average molecular weight is 413 g/mol. The van der Waals surface area contributed by atoms with Crippen LogP contribution < -0.4 is 14.4 Å². The topological polar surface area (TPSA) is 81.2 Å². The van der Waals surface area contributed by atoms with Crippen molar-refractivity contribution in [3.63, 3.8) is 0 Å². The molecular formula is C22H27N3O5. The number of rotatable bonds is 9. The minimum Gasteiger partial charge on any atom is -0.497 e. The monoisotopic (exact) mass is 413 g/mol. The summed E-state index contributed by atoms with van der Waals surface area (Å²) in [6, 6.07) is 13.0. The molecule has 1 saturated heterocycles. The van der Waals surface area contributed by atoms with E-state index in [0.29, 0.717) is 45.0 Å². The minimum absolute atomic E-state index is 0.168. The van der Waals surface area contributed by atoms with Gasteiger partial charge in [0.1, 0.15) is 17.3 Å². The zero-order valence-corrected chi connectivity index (χ0v) is 17.2. The van der Waals surface area contributed by atoms with Crippen LogP contribution >= 0.6 is 0 Å². The van der Waals surface area contributed by atoms with Gasteiger partial charge in [-0.25, -0.2) is 4.98 Å². The summed E-state index contributed by atoms with van der Waals surface area (Å²) >= 11 is 0. The highest BCUT2D eigenvalue weighted by molar-refractivity contribution is 5.80. The summed E-state index contributed by atoms with van der Waals surface area (Å²) in [5, 5.41) is 0. The number of methoxy groups -OCH3 is 1. The van der Waals surface area contributed by atoms with Gasteiger partial charge in [0.15, 0.2) is 6.61 Å². The molecule has 160 valence electrons. The molecule has 1 aliphatic heterocycles. The molecule has 30 heavy (non-hydrogen) atoms. The molecule has 0 unspecified atom stereocenters. The van der Waals surface area contributed by atoms with Crippen molar-refractivity contribution in [1.29, 1.82) is 0 Å². The fourth-order valence-electron chi connectivity index (χ4n) is 3.11. The van der Waals surface area contributed by atoms with Crippen molar-refractivity contribution >= 4 is 17.7 Å². The molecule has 1 aromatic carbocycles. The summed E-state index contributed by atoms with van der Waals surface area (Å²) in [6.45, 7) is 2.76. The van der Waals surface area contributed by atoms with Crippen LogP contribution in [0.1, 0.15) is 12.8 Å². The molecule has 2 aromatic rings. The maximum absolute atomic E-state index is 12.3. The van der Waals surface area contributed by atoms with Crippen molar-refractivity contribution in [3.8, 4) is 11.5 Å². The molecule has 0 radical (unpaired) electrons. The lowest BCUT2D eigenvalue weighted by atomic mass is 10.3. The van der Waals surface area contributed by atoms with Gasteiger partial charge in [-0.05, 0) is 42.8 Å². The number of ether oxygens (including phenoxy) is 3. The first kappa shape index (κ1) is 21.4. The Labute approximate surface area is 176 Å². The molecule has 1 fully saturated rings. The lowest BCUT2D eigenvalue weighted by Crippen LogP contribution is -2.50. The predicted octanol–water partition coefficient (Wildman–Crippen LogP) is 2.14. The van der Waals surface area contributed by atoms with E-state index in [-0.39, 0.29) is 18.9 Å². The minimum atomic E-state index is -0.395. The van der Waals surface area contributed by atoms with Crippen molar-refractivity contribution in [3.05, 3.63) is 48.7 Å². The van der Waals surface area contributed by atoms with E-state index in [2.05, 4.69) is 9.88 Å². The second-order valence-corrected chi connectivity index (χ2v) is 6.84. The van der Waals surface area contributed by atoms with Crippen LogP contribution in [-0.2, 0) is 14.3 Å². The van der Waals surface area contributed by atoms with Gasteiger partial charge in [-0.3, -0.25) is 9.59 Å². The summed E-state index contributed by atoms with van der Waals surface area (Å²) in [7, 11) is 1.61. The summed E-state index contributed by atoms with van der Waals surface area (Å²) in [5.41, 5.74) is 0. The van der Waals surface area contributed by atoms with Gasteiger partial charge in [0.05, 0.1) is 13.7 Å². The van der Waals surface area contributed by atoms with Crippen LogP contribution in [0.2, 0.25) is 0 Å². The van der Waals surface area contributed by atoms with Gasteiger partial charge in [0, 0.05) is 38.8 Å².